The predicted molar refractivity (Wildman–Crippen MR) is 58.1 cm³/mol. The van der Waals surface area contributed by atoms with E-state index < -0.39 is 19.6 Å². The van der Waals surface area contributed by atoms with Gasteiger partial charge in [0.1, 0.15) is 0 Å². The first-order valence-electron chi connectivity index (χ1n) is 4.93. The van der Waals surface area contributed by atoms with Gasteiger partial charge in [0.15, 0.2) is 0 Å². The van der Waals surface area contributed by atoms with Gasteiger partial charge in [0.05, 0.1) is 5.75 Å². The fraction of sp³-hybridized carbons (Fsp3) is 0.400. The molecule has 0 aliphatic carbocycles. The van der Waals surface area contributed by atoms with E-state index in [9.17, 15) is 18.5 Å². The number of benzene rings is 1. The normalized spacial score (nSPS) is 27.8. The summed E-state index contributed by atoms with van der Waals surface area (Å²) < 4.78 is 23.8. The lowest BCUT2D eigenvalue weighted by atomic mass is 10.0. The standard InChI is InChI=1S/C10H11NO4S/c12-11(13)10(7-4-8-16(10,14)15)9-5-2-1-3-6-9/h1-3,5-6H,4,7-8H2. The van der Waals surface area contributed by atoms with Crippen molar-refractivity contribution in [3.63, 3.8) is 0 Å². The van der Waals surface area contributed by atoms with Crippen molar-refractivity contribution in [1.82, 2.24) is 0 Å². The quantitative estimate of drug-likeness (QED) is 0.578. The van der Waals surface area contributed by atoms with Crippen molar-refractivity contribution < 1.29 is 13.3 Å². The summed E-state index contributed by atoms with van der Waals surface area (Å²) in [5.74, 6) is -0.108. The van der Waals surface area contributed by atoms with E-state index in [1.54, 1.807) is 18.2 Å². The first-order chi connectivity index (χ1) is 7.51. The van der Waals surface area contributed by atoms with E-state index in [2.05, 4.69) is 0 Å². The second-order valence-corrected chi connectivity index (χ2v) is 6.14. The van der Waals surface area contributed by atoms with Crippen molar-refractivity contribution in [2.45, 2.75) is 17.7 Å². The maximum atomic E-state index is 11.9. The van der Waals surface area contributed by atoms with E-state index in [1.165, 1.54) is 12.1 Å². The fourth-order valence-electron chi connectivity index (χ4n) is 2.16. The minimum Gasteiger partial charge on any atom is -0.263 e. The zero-order chi connectivity index (χ0) is 11.8. The van der Waals surface area contributed by atoms with Crippen molar-refractivity contribution in [2.75, 3.05) is 5.75 Å². The smallest absolute Gasteiger partial charge is 0.263 e. The molecule has 0 saturated carbocycles. The zero-order valence-electron chi connectivity index (χ0n) is 8.50. The second kappa shape index (κ2) is 3.55. The highest BCUT2D eigenvalue weighted by Crippen LogP contribution is 2.41. The van der Waals surface area contributed by atoms with Crippen molar-refractivity contribution >= 4 is 9.84 Å². The van der Waals surface area contributed by atoms with Crippen molar-refractivity contribution in [3.05, 3.63) is 46.0 Å². The topological polar surface area (TPSA) is 77.3 Å². The molecule has 1 unspecified atom stereocenters. The highest BCUT2D eigenvalue weighted by molar-refractivity contribution is 7.92. The summed E-state index contributed by atoms with van der Waals surface area (Å²) in [7, 11) is -3.70. The molecule has 86 valence electrons. The van der Waals surface area contributed by atoms with Crippen LogP contribution in [0.3, 0.4) is 0 Å². The SMILES string of the molecule is O=[N+]([O-])C1(c2ccccc2)CCCS1(=O)=O. The van der Waals surface area contributed by atoms with Crippen LogP contribution < -0.4 is 0 Å². The van der Waals surface area contributed by atoms with Crippen LogP contribution in [0.2, 0.25) is 0 Å². The Kier molecular flexibility index (Phi) is 2.46. The molecule has 0 amide bonds. The Bertz CT molecular complexity index is 511. The van der Waals surface area contributed by atoms with Gasteiger partial charge in [-0.1, -0.05) is 30.3 Å². The molecule has 1 aromatic rings. The monoisotopic (exact) mass is 241 g/mol. The van der Waals surface area contributed by atoms with Gasteiger partial charge in [-0.2, -0.15) is 0 Å². The molecule has 1 aliphatic heterocycles. The van der Waals surface area contributed by atoms with E-state index in [-0.39, 0.29) is 17.7 Å². The zero-order valence-corrected chi connectivity index (χ0v) is 9.31. The summed E-state index contributed by atoms with van der Waals surface area (Å²) in [6.07, 6.45) is 0.407. The Morgan fingerprint density at radius 1 is 1.25 bits per heavy atom. The van der Waals surface area contributed by atoms with Crippen LogP contribution in [0, 0.1) is 10.1 Å². The largest absolute Gasteiger partial charge is 0.343 e. The molecular formula is C10H11NO4S. The summed E-state index contributed by atoms with van der Waals surface area (Å²) in [5.41, 5.74) is 0.262. The molecule has 1 atom stereocenters. The van der Waals surface area contributed by atoms with E-state index in [4.69, 9.17) is 0 Å². The maximum Gasteiger partial charge on any atom is 0.343 e. The molecule has 0 N–H and O–H groups in total. The van der Waals surface area contributed by atoms with E-state index >= 15 is 0 Å². The Hall–Kier alpha value is -1.43. The highest BCUT2D eigenvalue weighted by atomic mass is 32.2. The molecule has 1 fully saturated rings. The van der Waals surface area contributed by atoms with Crippen LogP contribution in [0.4, 0.5) is 0 Å². The number of rotatable bonds is 2. The average Bonchev–Trinajstić information content (AvgIpc) is 2.56. The van der Waals surface area contributed by atoms with Crippen LogP contribution in [-0.4, -0.2) is 19.1 Å². The van der Waals surface area contributed by atoms with Gasteiger partial charge in [-0.05, 0) is 6.42 Å². The molecule has 6 heteroatoms. The number of nitrogens with zero attached hydrogens (tertiary/aromatic N) is 1. The van der Waals surface area contributed by atoms with Crippen molar-refractivity contribution in [2.24, 2.45) is 0 Å². The third kappa shape index (κ3) is 1.33. The minimum atomic E-state index is -3.70. The third-order valence-corrected chi connectivity index (χ3v) is 5.41. The molecular weight excluding hydrogens is 230 g/mol. The molecule has 1 aromatic carbocycles. The summed E-state index contributed by atoms with van der Waals surface area (Å²) in [6, 6.07) is 7.96. The fourth-order valence-corrected chi connectivity index (χ4v) is 4.20. The van der Waals surface area contributed by atoms with Crippen LogP contribution in [0.5, 0.6) is 0 Å². The van der Waals surface area contributed by atoms with Crippen LogP contribution in [-0.2, 0) is 14.7 Å². The lowest BCUT2D eigenvalue weighted by molar-refractivity contribution is -0.548. The van der Waals surface area contributed by atoms with Gasteiger partial charge in [-0.25, -0.2) is 8.42 Å². The number of sulfone groups is 1. The predicted octanol–water partition coefficient (Wildman–Crippen LogP) is 1.32. The van der Waals surface area contributed by atoms with Gasteiger partial charge in [0, 0.05) is 16.9 Å². The van der Waals surface area contributed by atoms with Crippen LogP contribution in [0.25, 0.3) is 0 Å². The van der Waals surface area contributed by atoms with Gasteiger partial charge in [0.25, 0.3) is 0 Å². The molecule has 0 radical (unpaired) electrons. The maximum absolute atomic E-state index is 11.9. The number of nitro groups is 1. The van der Waals surface area contributed by atoms with E-state index in [1.807, 2.05) is 0 Å². The molecule has 16 heavy (non-hydrogen) atoms. The Morgan fingerprint density at radius 3 is 2.31 bits per heavy atom. The molecule has 5 nitrogen and oxygen atoms in total. The summed E-state index contributed by atoms with van der Waals surface area (Å²) >= 11 is 0. The van der Waals surface area contributed by atoms with Crippen LogP contribution in [0.1, 0.15) is 18.4 Å². The lowest BCUT2D eigenvalue weighted by Gasteiger charge is -2.19. The molecule has 1 heterocycles. The molecule has 0 bridgehead atoms. The Morgan fingerprint density at radius 2 is 1.88 bits per heavy atom. The van der Waals surface area contributed by atoms with Crippen LogP contribution >= 0.6 is 0 Å². The van der Waals surface area contributed by atoms with Crippen molar-refractivity contribution in [1.29, 1.82) is 0 Å². The molecule has 0 spiro atoms. The summed E-state index contributed by atoms with van der Waals surface area (Å²) in [5, 5.41) is 11.2. The Labute approximate surface area is 93.2 Å². The Balaban J connectivity index is 2.67. The lowest BCUT2D eigenvalue weighted by Crippen LogP contribution is -2.39. The molecule has 2 rings (SSSR count). The van der Waals surface area contributed by atoms with E-state index in [0.717, 1.165) is 0 Å². The van der Waals surface area contributed by atoms with Gasteiger partial charge in [0.2, 0.25) is 9.84 Å². The van der Waals surface area contributed by atoms with Gasteiger partial charge in [-0.15, -0.1) is 0 Å². The van der Waals surface area contributed by atoms with Crippen LogP contribution in [0.15, 0.2) is 30.3 Å². The van der Waals surface area contributed by atoms with Gasteiger partial charge < -0.3 is 0 Å². The molecule has 0 aromatic heterocycles. The summed E-state index contributed by atoms with van der Waals surface area (Å²) in [6.45, 7) is 0. The number of hydrogen-bond donors (Lipinski definition) is 0. The van der Waals surface area contributed by atoms with Crippen molar-refractivity contribution in [3.8, 4) is 0 Å². The van der Waals surface area contributed by atoms with E-state index in [0.29, 0.717) is 6.42 Å². The molecule has 1 saturated heterocycles. The van der Waals surface area contributed by atoms with Gasteiger partial charge in [-0.3, -0.25) is 10.1 Å². The molecule has 1 aliphatic rings. The average molecular weight is 241 g/mol. The first kappa shape index (κ1) is 11.1. The first-order valence-corrected chi connectivity index (χ1v) is 6.58. The third-order valence-electron chi connectivity index (χ3n) is 2.96. The second-order valence-electron chi connectivity index (χ2n) is 3.83. The highest BCUT2D eigenvalue weighted by Gasteiger charge is 2.60. The number of hydrogen-bond acceptors (Lipinski definition) is 4. The summed E-state index contributed by atoms with van der Waals surface area (Å²) in [4.78, 5) is 8.58. The minimum absolute atomic E-state index is 0.0619. The van der Waals surface area contributed by atoms with Gasteiger partial charge >= 0.3 is 4.87 Å².